The van der Waals surface area contributed by atoms with Crippen molar-refractivity contribution in [3.8, 4) is 0 Å². The van der Waals surface area contributed by atoms with Crippen LogP contribution in [0.2, 0.25) is 0 Å². The maximum absolute atomic E-state index is 10.7. The van der Waals surface area contributed by atoms with E-state index in [4.69, 9.17) is 0 Å². The minimum atomic E-state index is -0.751. The molecule has 3 atom stereocenters. The summed E-state index contributed by atoms with van der Waals surface area (Å²) in [5.41, 5.74) is 0.478. The fourth-order valence-electron chi connectivity index (χ4n) is 3.47. The number of nitro benzene ring substituents is 1. The topological polar surface area (TPSA) is 86.8 Å². The van der Waals surface area contributed by atoms with Crippen LogP contribution in [0.5, 0.6) is 0 Å². The second-order valence-electron chi connectivity index (χ2n) is 7.61. The van der Waals surface area contributed by atoms with Gasteiger partial charge in [-0.1, -0.05) is 12.8 Å². The van der Waals surface area contributed by atoms with Gasteiger partial charge in [0.25, 0.3) is 5.69 Å². The molecule has 0 saturated heterocycles. The molecule has 2 rings (SSSR count). The van der Waals surface area contributed by atoms with E-state index in [1.54, 1.807) is 12.1 Å². The normalized spacial score (nSPS) is 23.2. The van der Waals surface area contributed by atoms with Crippen molar-refractivity contribution < 1.29 is 15.1 Å². The van der Waals surface area contributed by atoms with Gasteiger partial charge < -0.3 is 10.2 Å². The van der Waals surface area contributed by atoms with Gasteiger partial charge >= 0.3 is 0 Å². The molecule has 24 heavy (non-hydrogen) atoms. The van der Waals surface area contributed by atoms with E-state index in [1.165, 1.54) is 12.1 Å². The number of aliphatic hydroxyl groups excluding tert-OH is 2. The van der Waals surface area contributed by atoms with Gasteiger partial charge in [0.05, 0.1) is 17.1 Å². The second kappa shape index (κ2) is 7.59. The van der Waals surface area contributed by atoms with E-state index in [-0.39, 0.29) is 23.4 Å². The van der Waals surface area contributed by atoms with E-state index in [2.05, 4.69) is 25.7 Å². The molecule has 0 radical (unpaired) electrons. The minimum absolute atomic E-state index is 0.0151. The molecule has 1 aliphatic rings. The standard InChI is InChI=1S/C18H28N2O4/c1-18(2,3)19(15-6-4-5-7-16(15)21)12-17(22)13-8-10-14(11-9-13)20(23)24/h8-11,15-17,21-22H,4-7,12H2,1-3H3/t15-,16+,17-/m0/s1. The van der Waals surface area contributed by atoms with Crippen molar-refractivity contribution in [1.29, 1.82) is 0 Å². The van der Waals surface area contributed by atoms with Crippen molar-refractivity contribution in [2.75, 3.05) is 6.54 Å². The Labute approximate surface area is 143 Å². The molecule has 1 aromatic carbocycles. The quantitative estimate of drug-likeness (QED) is 0.637. The third-order valence-corrected chi connectivity index (χ3v) is 4.81. The molecular formula is C18H28N2O4. The molecule has 0 aliphatic heterocycles. The van der Waals surface area contributed by atoms with Crippen LogP contribution < -0.4 is 0 Å². The number of nitro groups is 1. The zero-order valence-corrected chi connectivity index (χ0v) is 14.7. The van der Waals surface area contributed by atoms with Crippen molar-refractivity contribution >= 4 is 5.69 Å². The molecular weight excluding hydrogens is 308 g/mol. The highest BCUT2D eigenvalue weighted by molar-refractivity contribution is 5.33. The summed E-state index contributed by atoms with van der Waals surface area (Å²) in [6.07, 6.45) is 2.72. The first kappa shape index (κ1) is 18.8. The molecule has 0 amide bonds. The van der Waals surface area contributed by atoms with E-state index < -0.39 is 11.0 Å². The lowest BCUT2D eigenvalue weighted by Crippen LogP contribution is -2.55. The molecule has 1 fully saturated rings. The van der Waals surface area contributed by atoms with Crippen LogP contribution in [0.15, 0.2) is 24.3 Å². The van der Waals surface area contributed by atoms with Crippen molar-refractivity contribution in [3.05, 3.63) is 39.9 Å². The summed E-state index contributed by atoms with van der Waals surface area (Å²) in [4.78, 5) is 12.5. The van der Waals surface area contributed by atoms with Gasteiger partial charge in [-0.15, -0.1) is 0 Å². The number of hydrogen-bond acceptors (Lipinski definition) is 5. The molecule has 2 N–H and O–H groups in total. The van der Waals surface area contributed by atoms with Crippen LogP contribution in [-0.4, -0.2) is 44.3 Å². The van der Waals surface area contributed by atoms with E-state index in [1.807, 2.05) is 0 Å². The van der Waals surface area contributed by atoms with Gasteiger partial charge in [-0.3, -0.25) is 15.0 Å². The van der Waals surface area contributed by atoms with Crippen molar-refractivity contribution in [3.63, 3.8) is 0 Å². The van der Waals surface area contributed by atoms with Gasteiger partial charge in [0.1, 0.15) is 0 Å². The Kier molecular flexibility index (Phi) is 5.96. The molecule has 134 valence electrons. The first-order chi connectivity index (χ1) is 11.2. The van der Waals surface area contributed by atoms with E-state index in [0.29, 0.717) is 12.1 Å². The summed E-state index contributed by atoms with van der Waals surface area (Å²) in [6.45, 7) is 6.63. The predicted octanol–water partition coefficient (Wildman–Crippen LogP) is 3.03. The number of nitrogens with zero attached hydrogens (tertiary/aromatic N) is 2. The molecule has 6 nitrogen and oxygen atoms in total. The van der Waals surface area contributed by atoms with Crippen LogP contribution in [0.25, 0.3) is 0 Å². The highest BCUT2D eigenvalue weighted by Gasteiger charge is 2.36. The largest absolute Gasteiger partial charge is 0.391 e. The lowest BCUT2D eigenvalue weighted by molar-refractivity contribution is -0.384. The minimum Gasteiger partial charge on any atom is -0.391 e. The van der Waals surface area contributed by atoms with E-state index in [0.717, 1.165) is 25.7 Å². The number of rotatable bonds is 5. The zero-order valence-electron chi connectivity index (χ0n) is 14.7. The summed E-state index contributed by atoms with van der Waals surface area (Å²) in [5, 5.41) is 31.7. The monoisotopic (exact) mass is 336 g/mol. The fraction of sp³-hybridized carbons (Fsp3) is 0.667. The van der Waals surface area contributed by atoms with Gasteiger partial charge in [0, 0.05) is 30.3 Å². The Balaban J connectivity index is 2.14. The first-order valence-corrected chi connectivity index (χ1v) is 8.57. The Morgan fingerprint density at radius 2 is 1.83 bits per heavy atom. The highest BCUT2D eigenvalue weighted by atomic mass is 16.6. The summed E-state index contributed by atoms with van der Waals surface area (Å²) in [7, 11) is 0. The highest BCUT2D eigenvalue weighted by Crippen LogP contribution is 2.31. The summed E-state index contributed by atoms with van der Waals surface area (Å²) in [6, 6.07) is 6.05. The third-order valence-electron chi connectivity index (χ3n) is 4.81. The van der Waals surface area contributed by atoms with E-state index in [9.17, 15) is 20.3 Å². The Morgan fingerprint density at radius 1 is 1.25 bits per heavy atom. The third kappa shape index (κ3) is 4.53. The molecule has 0 spiro atoms. The second-order valence-corrected chi connectivity index (χ2v) is 7.61. The van der Waals surface area contributed by atoms with Gasteiger partial charge in [-0.2, -0.15) is 0 Å². The first-order valence-electron chi connectivity index (χ1n) is 8.57. The van der Waals surface area contributed by atoms with Crippen molar-refractivity contribution in [1.82, 2.24) is 4.90 Å². The number of β-amino-alcohol motifs (C(OH)–C–C–N with tert-alkyl or cyclic N) is 1. The number of aliphatic hydroxyl groups is 2. The average molecular weight is 336 g/mol. The van der Waals surface area contributed by atoms with Crippen LogP contribution >= 0.6 is 0 Å². The van der Waals surface area contributed by atoms with Crippen LogP contribution in [0, 0.1) is 10.1 Å². The van der Waals surface area contributed by atoms with Crippen LogP contribution in [0.4, 0.5) is 5.69 Å². The summed E-state index contributed by atoms with van der Waals surface area (Å²) in [5.74, 6) is 0. The van der Waals surface area contributed by atoms with Crippen molar-refractivity contribution in [2.24, 2.45) is 0 Å². The predicted molar refractivity (Wildman–Crippen MR) is 92.8 cm³/mol. The Hall–Kier alpha value is -1.50. The van der Waals surface area contributed by atoms with Gasteiger partial charge in [0.15, 0.2) is 0 Å². The number of benzene rings is 1. The molecule has 0 bridgehead atoms. The number of hydrogen-bond donors (Lipinski definition) is 2. The molecule has 1 aliphatic carbocycles. The zero-order chi connectivity index (χ0) is 17.9. The van der Waals surface area contributed by atoms with Gasteiger partial charge in [0.2, 0.25) is 0 Å². The maximum Gasteiger partial charge on any atom is 0.269 e. The molecule has 6 heteroatoms. The fourth-order valence-corrected chi connectivity index (χ4v) is 3.47. The number of non-ortho nitro benzene ring substituents is 1. The van der Waals surface area contributed by atoms with Crippen LogP contribution in [0.1, 0.15) is 58.1 Å². The molecule has 0 aromatic heterocycles. The molecule has 1 saturated carbocycles. The maximum atomic E-state index is 10.7. The molecule has 0 heterocycles. The molecule has 1 aromatic rings. The Bertz CT molecular complexity index is 553. The van der Waals surface area contributed by atoms with E-state index >= 15 is 0 Å². The van der Waals surface area contributed by atoms with Crippen LogP contribution in [0.3, 0.4) is 0 Å². The van der Waals surface area contributed by atoms with Crippen molar-refractivity contribution in [2.45, 2.75) is 70.2 Å². The summed E-state index contributed by atoms with van der Waals surface area (Å²) >= 11 is 0. The lowest BCUT2D eigenvalue weighted by atomic mass is 9.88. The smallest absolute Gasteiger partial charge is 0.269 e. The van der Waals surface area contributed by atoms with Gasteiger partial charge in [-0.25, -0.2) is 0 Å². The average Bonchev–Trinajstić information content (AvgIpc) is 2.52. The Morgan fingerprint density at radius 3 is 2.33 bits per heavy atom. The van der Waals surface area contributed by atoms with Crippen LogP contribution in [-0.2, 0) is 0 Å². The molecule has 0 unspecified atom stereocenters. The summed E-state index contributed by atoms with van der Waals surface area (Å²) < 4.78 is 0. The lowest BCUT2D eigenvalue weighted by Gasteiger charge is -2.46. The SMILES string of the molecule is CC(C)(C)N(C[C@H](O)c1ccc([N+](=O)[O-])cc1)[C@H]1CCCC[C@H]1O. The van der Waals surface area contributed by atoms with Gasteiger partial charge in [-0.05, 0) is 51.3 Å².